The van der Waals surface area contributed by atoms with Crippen LogP contribution in [-0.2, 0) is 0 Å². The van der Waals surface area contributed by atoms with Crippen molar-refractivity contribution < 1.29 is 9.53 Å². The van der Waals surface area contributed by atoms with Crippen molar-refractivity contribution in [1.82, 2.24) is 9.97 Å². The molecule has 0 bridgehead atoms. The van der Waals surface area contributed by atoms with Crippen LogP contribution in [-0.4, -0.2) is 29.0 Å². The number of ether oxygens (including phenoxy) is 1. The fraction of sp³-hybridized carbons (Fsp3) is 0.235. The molecule has 23 heavy (non-hydrogen) atoms. The van der Waals surface area contributed by atoms with Crippen LogP contribution in [0, 0.1) is 6.92 Å². The summed E-state index contributed by atoms with van der Waals surface area (Å²) in [6, 6.07) is 8.80. The lowest BCUT2D eigenvalue weighted by molar-refractivity contribution is 0.102. The van der Waals surface area contributed by atoms with E-state index < -0.39 is 0 Å². The van der Waals surface area contributed by atoms with Crippen molar-refractivity contribution >= 4 is 17.4 Å². The standard InChI is InChI=1S/C17H20N4O2/c1-4-10-18-16-11-15(19-12(3)20-16)17(22)21-13-6-8-14(9-7-13)23-5-2/h4,6-9,11H,1,5,10H2,2-3H3,(H,21,22)(H,18,19,20). The van der Waals surface area contributed by atoms with Gasteiger partial charge in [0, 0.05) is 18.3 Å². The van der Waals surface area contributed by atoms with Gasteiger partial charge < -0.3 is 15.4 Å². The number of hydrogen-bond donors (Lipinski definition) is 2. The third-order valence-electron chi connectivity index (χ3n) is 2.92. The maximum atomic E-state index is 12.3. The summed E-state index contributed by atoms with van der Waals surface area (Å²) in [5.74, 6) is 1.59. The molecule has 1 aromatic carbocycles. The molecule has 0 saturated heterocycles. The zero-order valence-corrected chi connectivity index (χ0v) is 13.3. The van der Waals surface area contributed by atoms with E-state index in [4.69, 9.17) is 4.74 Å². The molecule has 1 amide bonds. The summed E-state index contributed by atoms with van der Waals surface area (Å²) in [5.41, 5.74) is 0.980. The highest BCUT2D eigenvalue weighted by molar-refractivity contribution is 6.03. The van der Waals surface area contributed by atoms with Gasteiger partial charge in [0.1, 0.15) is 23.1 Å². The number of nitrogens with one attached hydrogen (secondary N) is 2. The minimum Gasteiger partial charge on any atom is -0.494 e. The van der Waals surface area contributed by atoms with E-state index in [1.54, 1.807) is 43.3 Å². The number of anilines is 2. The Bertz CT molecular complexity index is 683. The van der Waals surface area contributed by atoms with Gasteiger partial charge >= 0.3 is 0 Å². The molecule has 6 heteroatoms. The maximum absolute atomic E-state index is 12.3. The fourth-order valence-electron chi connectivity index (χ4n) is 1.95. The molecule has 1 heterocycles. The lowest BCUT2D eigenvalue weighted by Gasteiger charge is -2.09. The second-order valence-electron chi connectivity index (χ2n) is 4.77. The zero-order valence-electron chi connectivity index (χ0n) is 13.3. The van der Waals surface area contributed by atoms with Crippen molar-refractivity contribution in [2.24, 2.45) is 0 Å². The van der Waals surface area contributed by atoms with Crippen molar-refractivity contribution in [2.45, 2.75) is 13.8 Å². The number of carbonyl (C=O) groups is 1. The third-order valence-corrected chi connectivity index (χ3v) is 2.92. The number of nitrogens with zero attached hydrogens (tertiary/aromatic N) is 2. The molecule has 0 atom stereocenters. The minimum atomic E-state index is -0.290. The lowest BCUT2D eigenvalue weighted by atomic mass is 10.3. The van der Waals surface area contributed by atoms with Crippen LogP contribution < -0.4 is 15.4 Å². The van der Waals surface area contributed by atoms with Gasteiger partial charge in [0.05, 0.1) is 6.61 Å². The smallest absolute Gasteiger partial charge is 0.274 e. The average molecular weight is 312 g/mol. The van der Waals surface area contributed by atoms with E-state index in [0.717, 1.165) is 5.75 Å². The summed E-state index contributed by atoms with van der Waals surface area (Å²) >= 11 is 0. The summed E-state index contributed by atoms with van der Waals surface area (Å²) in [4.78, 5) is 20.7. The molecule has 2 rings (SSSR count). The largest absolute Gasteiger partial charge is 0.494 e. The number of aryl methyl sites for hydroxylation is 1. The Labute approximate surface area is 135 Å². The number of carbonyl (C=O) groups excluding carboxylic acids is 1. The maximum Gasteiger partial charge on any atom is 0.274 e. The molecular formula is C17H20N4O2. The van der Waals surface area contributed by atoms with Gasteiger partial charge in [-0.2, -0.15) is 0 Å². The van der Waals surface area contributed by atoms with E-state index in [-0.39, 0.29) is 5.91 Å². The normalized spacial score (nSPS) is 10.0. The average Bonchev–Trinajstić information content (AvgIpc) is 2.54. The summed E-state index contributed by atoms with van der Waals surface area (Å²) in [6.07, 6.45) is 1.72. The molecule has 0 aliphatic rings. The molecule has 0 spiro atoms. The second-order valence-corrected chi connectivity index (χ2v) is 4.77. The Morgan fingerprint density at radius 3 is 2.70 bits per heavy atom. The van der Waals surface area contributed by atoms with E-state index in [1.807, 2.05) is 6.92 Å². The summed E-state index contributed by atoms with van der Waals surface area (Å²) in [7, 11) is 0. The van der Waals surface area contributed by atoms with E-state index in [2.05, 4.69) is 27.2 Å². The Morgan fingerprint density at radius 2 is 2.04 bits per heavy atom. The SMILES string of the molecule is C=CCNc1cc(C(=O)Nc2ccc(OCC)cc2)nc(C)n1. The van der Waals surface area contributed by atoms with Crippen molar-refractivity contribution in [3.8, 4) is 5.75 Å². The Hall–Kier alpha value is -2.89. The Morgan fingerprint density at radius 1 is 1.30 bits per heavy atom. The molecule has 6 nitrogen and oxygen atoms in total. The van der Waals surface area contributed by atoms with Gasteiger partial charge in [0.15, 0.2) is 0 Å². The molecule has 0 radical (unpaired) electrons. The first-order chi connectivity index (χ1) is 11.1. The summed E-state index contributed by atoms with van der Waals surface area (Å²) in [6.45, 7) is 8.47. The van der Waals surface area contributed by atoms with Crippen LogP contribution in [0.1, 0.15) is 23.2 Å². The van der Waals surface area contributed by atoms with Crippen molar-refractivity contribution in [2.75, 3.05) is 23.8 Å². The predicted octanol–water partition coefficient (Wildman–Crippen LogP) is 3.03. The zero-order chi connectivity index (χ0) is 16.7. The Kier molecular flexibility index (Phi) is 5.68. The molecule has 0 saturated carbocycles. The van der Waals surface area contributed by atoms with Crippen molar-refractivity contribution in [3.05, 3.63) is 54.5 Å². The number of hydrogen-bond acceptors (Lipinski definition) is 5. The quantitative estimate of drug-likeness (QED) is 0.769. The topological polar surface area (TPSA) is 76.1 Å². The van der Waals surface area contributed by atoms with Gasteiger partial charge in [-0.05, 0) is 38.1 Å². The molecule has 0 fully saturated rings. The van der Waals surface area contributed by atoms with Crippen molar-refractivity contribution in [3.63, 3.8) is 0 Å². The van der Waals surface area contributed by atoms with Crippen LogP contribution in [0.25, 0.3) is 0 Å². The molecule has 0 aliphatic heterocycles. The highest BCUT2D eigenvalue weighted by Crippen LogP contribution is 2.16. The van der Waals surface area contributed by atoms with E-state index in [9.17, 15) is 4.79 Å². The molecule has 0 unspecified atom stereocenters. The first kappa shape index (κ1) is 16.5. The fourth-order valence-corrected chi connectivity index (χ4v) is 1.95. The molecular weight excluding hydrogens is 292 g/mol. The van der Waals surface area contributed by atoms with Gasteiger partial charge in [-0.15, -0.1) is 6.58 Å². The van der Waals surface area contributed by atoms with Gasteiger partial charge in [-0.1, -0.05) is 6.08 Å². The number of benzene rings is 1. The van der Waals surface area contributed by atoms with Gasteiger partial charge in [0.25, 0.3) is 5.91 Å². The molecule has 1 aromatic heterocycles. The third kappa shape index (κ3) is 4.81. The highest BCUT2D eigenvalue weighted by Gasteiger charge is 2.11. The first-order valence-corrected chi connectivity index (χ1v) is 7.37. The van der Waals surface area contributed by atoms with E-state index >= 15 is 0 Å². The molecule has 0 aliphatic carbocycles. The van der Waals surface area contributed by atoms with Crippen molar-refractivity contribution in [1.29, 1.82) is 0 Å². The van der Waals surface area contributed by atoms with Gasteiger partial charge in [0.2, 0.25) is 0 Å². The highest BCUT2D eigenvalue weighted by atomic mass is 16.5. The molecule has 120 valence electrons. The van der Waals surface area contributed by atoms with Crippen LogP contribution in [0.5, 0.6) is 5.75 Å². The number of amides is 1. The monoisotopic (exact) mass is 312 g/mol. The van der Waals surface area contributed by atoms with Crippen LogP contribution >= 0.6 is 0 Å². The lowest BCUT2D eigenvalue weighted by Crippen LogP contribution is -2.15. The van der Waals surface area contributed by atoms with E-state index in [1.165, 1.54) is 0 Å². The summed E-state index contributed by atoms with van der Waals surface area (Å²) in [5, 5.41) is 5.86. The summed E-state index contributed by atoms with van der Waals surface area (Å²) < 4.78 is 5.37. The van der Waals surface area contributed by atoms with Crippen LogP contribution in [0.15, 0.2) is 43.0 Å². The Balaban J connectivity index is 2.10. The number of rotatable bonds is 7. The molecule has 2 aromatic rings. The molecule has 2 N–H and O–H groups in total. The second kappa shape index (κ2) is 7.93. The first-order valence-electron chi connectivity index (χ1n) is 7.37. The van der Waals surface area contributed by atoms with Crippen LogP contribution in [0.2, 0.25) is 0 Å². The van der Waals surface area contributed by atoms with E-state index in [0.29, 0.717) is 36.2 Å². The van der Waals surface area contributed by atoms with Gasteiger partial charge in [-0.3, -0.25) is 4.79 Å². The predicted molar refractivity (Wildman–Crippen MR) is 91.0 cm³/mol. The van der Waals surface area contributed by atoms with Crippen LogP contribution in [0.3, 0.4) is 0 Å². The van der Waals surface area contributed by atoms with Crippen LogP contribution in [0.4, 0.5) is 11.5 Å². The van der Waals surface area contributed by atoms with Gasteiger partial charge in [-0.25, -0.2) is 9.97 Å². The number of aromatic nitrogens is 2. The minimum absolute atomic E-state index is 0.290.